The van der Waals surface area contributed by atoms with E-state index in [0.29, 0.717) is 0 Å². The highest BCUT2D eigenvalue weighted by Crippen LogP contribution is 2.21. The Labute approximate surface area is 96.7 Å². The van der Waals surface area contributed by atoms with Crippen LogP contribution in [0.15, 0.2) is 30.3 Å². The molecule has 1 aromatic carbocycles. The van der Waals surface area contributed by atoms with Gasteiger partial charge in [0.2, 0.25) is 0 Å². The van der Waals surface area contributed by atoms with Crippen LogP contribution in [0.25, 0.3) is 10.9 Å². The molecule has 0 spiro atoms. The van der Waals surface area contributed by atoms with Gasteiger partial charge in [0.1, 0.15) is 5.82 Å². The van der Waals surface area contributed by atoms with Gasteiger partial charge in [0.15, 0.2) is 0 Å². The second-order valence-corrected chi connectivity index (χ2v) is 5.22. The minimum absolute atomic E-state index is 0.0435. The maximum atomic E-state index is 4.61. The zero-order valence-corrected chi connectivity index (χ0v) is 10.3. The Hall–Kier alpha value is -1.57. The summed E-state index contributed by atoms with van der Waals surface area (Å²) in [7, 11) is 0. The van der Waals surface area contributed by atoms with Crippen molar-refractivity contribution in [2.75, 3.05) is 5.32 Å². The number of rotatable bonds is 1. The summed E-state index contributed by atoms with van der Waals surface area (Å²) in [5.74, 6) is 0.948. The summed E-state index contributed by atoms with van der Waals surface area (Å²) in [6.45, 7) is 8.54. The lowest BCUT2D eigenvalue weighted by Gasteiger charge is -2.21. The van der Waals surface area contributed by atoms with Crippen molar-refractivity contribution < 1.29 is 0 Å². The van der Waals surface area contributed by atoms with Crippen molar-refractivity contribution in [2.24, 2.45) is 0 Å². The molecule has 1 aromatic heterocycles. The number of hydrogen-bond donors (Lipinski definition) is 1. The van der Waals surface area contributed by atoms with Crippen LogP contribution in [-0.2, 0) is 0 Å². The molecule has 0 saturated heterocycles. The summed E-state index contributed by atoms with van der Waals surface area (Å²) in [5.41, 5.74) is 2.36. The van der Waals surface area contributed by atoms with Crippen LogP contribution in [0.5, 0.6) is 0 Å². The lowest BCUT2D eigenvalue weighted by Crippen LogP contribution is -2.26. The average Bonchev–Trinajstić information content (AvgIpc) is 2.15. The summed E-state index contributed by atoms with van der Waals surface area (Å²) in [6, 6.07) is 10.3. The first-order chi connectivity index (χ1) is 7.46. The fourth-order valence-corrected chi connectivity index (χ4v) is 1.80. The van der Waals surface area contributed by atoms with Crippen LogP contribution in [0, 0.1) is 6.92 Å². The van der Waals surface area contributed by atoms with Gasteiger partial charge >= 0.3 is 0 Å². The highest BCUT2D eigenvalue weighted by molar-refractivity contribution is 5.83. The summed E-state index contributed by atoms with van der Waals surface area (Å²) in [4.78, 5) is 4.61. The van der Waals surface area contributed by atoms with Gasteiger partial charge in [0.05, 0.1) is 5.52 Å². The molecule has 1 heterocycles. The van der Waals surface area contributed by atoms with E-state index in [-0.39, 0.29) is 5.54 Å². The van der Waals surface area contributed by atoms with Crippen molar-refractivity contribution >= 4 is 16.7 Å². The van der Waals surface area contributed by atoms with E-state index in [1.807, 2.05) is 12.1 Å². The number of aryl methyl sites for hydroxylation is 1. The van der Waals surface area contributed by atoms with E-state index in [9.17, 15) is 0 Å². The van der Waals surface area contributed by atoms with E-state index in [0.717, 1.165) is 11.3 Å². The molecule has 0 unspecified atom stereocenters. The fourth-order valence-electron chi connectivity index (χ4n) is 1.80. The number of anilines is 1. The molecule has 0 aliphatic rings. The zero-order chi connectivity index (χ0) is 11.8. The fraction of sp³-hybridized carbons (Fsp3) is 0.357. The number of fused-ring (bicyclic) bond motifs is 1. The highest BCUT2D eigenvalue weighted by Gasteiger charge is 2.11. The van der Waals surface area contributed by atoms with Crippen LogP contribution in [-0.4, -0.2) is 10.5 Å². The van der Waals surface area contributed by atoms with Gasteiger partial charge in [-0.2, -0.15) is 0 Å². The SMILES string of the molecule is Cc1cc(NC(C)(C)C)nc2ccccc12. The minimum Gasteiger partial charge on any atom is -0.365 e. The smallest absolute Gasteiger partial charge is 0.127 e. The first-order valence-electron chi connectivity index (χ1n) is 5.60. The third-order valence-corrected chi connectivity index (χ3v) is 2.43. The topological polar surface area (TPSA) is 24.9 Å². The molecule has 0 radical (unpaired) electrons. The van der Waals surface area contributed by atoms with E-state index in [4.69, 9.17) is 0 Å². The molecule has 0 fully saturated rings. The normalized spacial score (nSPS) is 11.8. The van der Waals surface area contributed by atoms with Gasteiger partial charge in [-0.1, -0.05) is 18.2 Å². The second kappa shape index (κ2) is 3.78. The van der Waals surface area contributed by atoms with Crippen molar-refractivity contribution in [2.45, 2.75) is 33.2 Å². The van der Waals surface area contributed by atoms with E-state index in [1.54, 1.807) is 0 Å². The lowest BCUT2D eigenvalue weighted by atomic mass is 10.1. The molecule has 2 aromatic rings. The largest absolute Gasteiger partial charge is 0.365 e. The molecule has 0 saturated carbocycles. The molecule has 2 rings (SSSR count). The lowest BCUT2D eigenvalue weighted by molar-refractivity contribution is 0.631. The van der Waals surface area contributed by atoms with E-state index < -0.39 is 0 Å². The molecule has 2 heteroatoms. The maximum Gasteiger partial charge on any atom is 0.127 e. The maximum absolute atomic E-state index is 4.61. The quantitative estimate of drug-likeness (QED) is 0.782. The Bertz CT molecular complexity index is 510. The van der Waals surface area contributed by atoms with Crippen molar-refractivity contribution in [3.8, 4) is 0 Å². The molecule has 2 nitrogen and oxygen atoms in total. The molecule has 0 aliphatic heterocycles. The number of aromatic nitrogens is 1. The van der Waals surface area contributed by atoms with Crippen molar-refractivity contribution in [1.29, 1.82) is 0 Å². The number of hydrogen-bond acceptors (Lipinski definition) is 2. The van der Waals surface area contributed by atoms with Crippen molar-refractivity contribution in [1.82, 2.24) is 4.98 Å². The predicted octanol–water partition coefficient (Wildman–Crippen LogP) is 3.75. The summed E-state index contributed by atoms with van der Waals surface area (Å²) in [6.07, 6.45) is 0. The number of nitrogens with zero attached hydrogens (tertiary/aromatic N) is 1. The van der Waals surface area contributed by atoms with Crippen LogP contribution in [0.2, 0.25) is 0 Å². The summed E-state index contributed by atoms with van der Waals surface area (Å²) >= 11 is 0. The molecular weight excluding hydrogens is 196 g/mol. The van der Waals surface area contributed by atoms with Gasteiger partial charge in [0, 0.05) is 10.9 Å². The number of nitrogens with one attached hydrogen (secondary N) is 1. The van der Waals surface area contributed by atoms with Crippen LogP contribution in [0.1, 0.15) is 26.3 Å². The summed E-state index contributed by atoms with van der Waals surface area (Å²) in [5, 5.41) is 4.63. The third kappa shape index (κ3) is 2.32. The number of benzene rings is 1. The molecule has 0 amide bonds. The van der Waals surface area contributed by atoms with Crippen LogP contribution in [0.3, 0.4) is 0 Å². The van der Waals surface area contributed by atoms with Crippen LogP contribution < -0.4 is 5.32 Å². The molecular formula is C14H18N2. The minimum atomic E-state index is 0.0435. The molecule has 84 valence electrons. The molecule has 0 atom stereocenters. The van der Waals surface area contributed by atoms with Gasteiger partial charge in [-0.15, -0.1) is 0 Å². The second-order valence-electron chi connectivity index (χ2n) is 5.22. The third-order valence-electron chi connectivity index (χ3n) is 2.43. The Morgan fingerprint density at radius 2 is 1.81 bits per heavy atom. The standard InChI is InChI=1S/C14H18N2/c1-10-9-13(16-14(2,3)4)15-12-8-6-5-7-11(10)12/h5-9H,1-4H3,(H,15,16). The first kappa shape index (κ1) is 10.9. The van der Waals surface area contributed by atoms with Gasteiger partial charge < -0.3 is 5.32 Å². The highest BCUT2D eigenvalue weighted by atomic mass is 15.0. The molecule has 16 heavy (non-hydrogen) atoms. The Morgan fingerprint density at radius 1 is 1.12 bits per heavy atom. The van der Waals surface area contributed by atoms with Crippen molar-refractivity contribution in [3.63, 3.8) is 0 Å². The van der Waals surface area contributed by atoms with Gasteiger partial charge in [0.25, 0.3) is 0 Å². The Balaban J connectivity index is 2.50. The van der Waals surface area contributed by atoms with Crippen LogP contribution >= 0.6 is 0 Å². The van der Waals surface area contributed by atoms with Crippen molar-refractivity contribution in [3.05, 3.63) is 35.9 Å². The molecule has 0 aliphatic carbocycles. The van der Waals surface area contributed by atoms with Crippen LogP contribution in [0.4, 0.5) is 5.82 Å². The van der Waals surface area contributed by atoms with Gasteiger partial charge in [-0.25, -0.2) is 4.98 Å². The summed E-state index contributed by atoms with van der Waals surface area (Å²) < 4.78 is 0. The molecule has 1 N–H and O–H groups in total. The van der Waals surface area contributed by atoms with E-state index >= 15 is 0 Å². The van der Waals surface area contributed by atoms with Gasteiger partial charge in [-0.05, 0) is 45.4 Å². The first-order valence-corrected chi connectivity index (χ1v) is 5.60. The Kier molecular flexibility index (Phi) is 2.58. The Morgan fingerprint density at radius 3 is 2.50 bits per heavy atom. The number of para-hydroxylation sites is 1. The molecule has 0 bridgehead atoms. The van der Waals surface area contributed by atoms with E-state index in [2.05, 4.69) is 56.2 Å². The monoisotopic (exact) mass is 214 g/mol. The zero-order valence-electron chi connectivity index (χ0n) is 10.3. The number of pyridine rings is 1. The predicted molar refractivity (Wildman–Crippen MR) is 69.9 cm³/mol. The average molecular weight is 214 g/mol. The van der Waals surface area contributed by atoms with Gasteiger partial charge in [-0.3, -0.25) is 0 Å². The van der Waals surface area contributed by atoms with E-state index in [1.165, 1.54) is 10.9 Å².